The molecule has 0 spiro atoms. The number of hydrogen-bond donors (Lipinski definition) is 1. The molecule has 2 bridgehead atoms. The quantitative estimate of drug-likeness (QED) is 0.595. The van der Waals surface area contributed by atoms with E-state index in [9.17, 15) is 14.4 Å². The van der Waals surface area contributed by atoms with Crippen molar-refractivity contribution in [2.24, 2.45) is 23.7 Å². The minimum Gasteiger partial charge on any atom is -0.497 e. The van der Waals surface area contributed by atoms with Crippen molar-refractivity contribution in [1.82, 2.24) is 0 Å². The fourth-order valence-corrected chi connectivity index (χ4v) is 5.10. The number of anilines is 2. The first-order chi connectivity index (χ1) is 15.0. The highest BCUT2D eigenvalue weighted by Gasteiger charge is 2.59. The second-order valence-electron chi connectivity index (χ2n) is 8.05. The summed E-state index contributed by atoms with van der Waals surface area (Å²) in [6.07, 6.45) is 4.96. The van der Waals surface area contributed by atoms with Gasteiger partial charge >= 0.3 is 0 Å². The van der Waals surface area contributed by atoms with Gasteiger partial charge in [-0.3, -0.25) is 14.4 Å². The number of imide groups is 1. The lowest BCUT2D eigenvalue weighted by molar-refractivity contribution is -0.123. The molecule has 31 heavy (non-hydrogen) atoms. The molecule has 0 unspecified atom stereocenters. The van der Waals surface area contributed by atoms with Gasteiger partial charge in [0.1, 0.15) is 11.5 Å². The number of allylic oxidation sites excluding steroid dienone is 2. The van der Waals surface area contributed by atoms with Crippen LogP contribution < -0.4 is 19.7 Å². The topological polar surface area (TPSA) is 84.9 Å². The molecular weight excluding hydrogens is 396 g/mol. The number of carbonyl (C=O) groups is 3. The molecular formula is C24H22N2O5. The predicted octanol–water partition coefficient (Wildman–Crippen LogP) is 3.27. The molecule has 1 N–H and O–H groups in total. The van der Waals surface area contributed by atoms with E-state index < -0.39 is 5.91 Å². The maximum atomic E-state index is 13.2. The molecule has 0 aromatic heterocycles. The zero-order valence-electron chi connectivity index (χ0n) is 17.2. The van der Waals surface area contributed by atoms with E-state index in [0.29, 0.717) is 22.9 Å². The molecule has 7 nitrogen and oxygen atoms in total. The lowest BCUT2D eigenvalue weighted by atomic mass is 9.85. The molecule has 2 aliphatic carbocycles. The van der Waals surface area contributed by atoms with Gasteiger partial charge in [0.2, 0.25) is 11.8 Å². The number of methoxy groups -OCH3 is 2. The summed E-state index contributed by atoms with van der Waals surface area (Å²) in [6.45, 7) is 0. The van der Waals surface area contributed by atoms with E-state index in [4.69, 9.17) is 9.47 Å². The van der Waals surface area contributed by atoms with E-state index in [-0.39, 0.29) is 41.0 Å². The Hall–Kier alpha value is -3.61. The molecule has 1 heterocycles. The number of hydrogen-bond acceptors (Lipinski definition) is 5. The molecule has 3 amide bonds. The van der Waals surface area contributed by atoms with Gasteiger partial charge in [0.15, 0.2) is 0 Å². The molecule has 0 radical (unpaired) electrons. The Balaban J connectivity index is 1.48. The number of fused-ring (bicyclic) bond motifs is 5. The van der Waals surface area contributed by atoms with E-state index in [1.54, 1.807) is 42.5 Å². The van der Waals surface area contributed by atoms with E-state index in [1.165, 1.54) is 19.1 Å². The number of nitrogens with zero attached hydrogens (tertiary/aromatic N) is 1. The van der Waals surface area contributed by atoms with E-state index in [0.717, 1.165) is 6.42 Å². The van der Waals surface area contributed by atoms with Gasteiger partial charge in [-0.05, 0) is 42.5 Å². The van der Waals surface area contributed by atoms with Crippen LogP contribution in [-0.4, -0.2) is 31.9 Å². The fraction of sp³-hybridized carbons (Fsp3) is 0.292. The monoisotopic (exact) mass is 418 g/mol. The fourth-order valence-electron chi connectivity index (χ4n) is 5.10. The summed E-state index contributed by atoms with van der Waals surface area (Å²) >= 11 is 0. The van der Waals surface area contributed by atoms with Gasteiger partial charge in [0.25, 0.3) is 5.91 Å². The summed E-state index contributed by atoms with van der Waals surface area (Å²) in [5.41, 5.74) is 0.986. The van der Waals surface area contributed by atoms with Crippen LogP contribution in [-0.2, 0) is 9.59 Å². The number of carbonyl (C=O) groups excluding carboxylic acids is 3. The number of ether oxygens (including phenoxy) is 2. The van der Waals surface area contributed by atoms with Gasteiger partial charge in [0, 0.05) is 6.07 Å². The minimum atomic E-state index is -0.444. The lowest BCUT2D eigenvalue weighted by Crippen LogP contribution is -2.34. The Bertz CT molecular complexity index is 1090. The van der Waals surface area contributed by atoms with Gasteiger partial charge in [-0.2, -0.15) is 0 Å². The van der Waals surface area contributed by atoms with Crippen molar-refractivity contribution in [2.75, 3.05) is 24.4 Å². The summed E-state index contributed by atoms with van der Waals surface area (Å²) in [4.78, 5) is 40.8. The van der Waals surface area contributed by atoms with Crippen molar-refractivity contribution < 1.29 is 23.9 Å². The average molecular weight is 418 g/mol. The highest BCUT2D eigenvalue weighted by atomic mass is 16.5. The molecule has 5 rings (SSSR count). The summed E-state index contributed by atoms with van der Waals surface area (Å²) in [6, 6.07) is 11.8. The standard InChI is InChI=1S/C24H22N2O5/c1-30-15-9-10-19(31-2)17(12-15)25-22(27)16-5-3-4-6-18(16)26-23(28)20-13-7-8-14(11-13)21(20)24(26)29/h3-10,12-14,20-21H,11H2,1-2H3,(H,25,27)/t13-,14-,20-,21+/m0/s1. The van der Waals surface area contributed by atoms with Crippen LogP contribution in [0, 0.1) is 23.7 Å². The van der Waals surface area contributed by atoms with Crippen molar-refractivity contribution in [1.29, 1.82) is 0 Å². The third-order valence-electron chi connectivity index (χ3n) is 6.51. The van der Waals surface area contributed by atoms with Crippen LogP contribution in [0.15, 0.2) is 54.6 Å². The molecule has 1 saturated carbocycles. The van der Waals surface area contributed by atoms with E-state index in [1.807, 2.05) is 12.2 Å². The highest BCUT2D eigenvalue weighted by Crippen LogP contribution is 2.53. The largest absolute Gasteiger partial charge is 0.497 e. The molecule has 2 aromatic carbocycles. The first-order valence-corrected chi connectivity index (χ1v) is 10.2. The van der Waals surface area contributed by atoms with Crippen LogP contribution >= 0.6 is 0 Å². The number of amides is 3. The second-order valence-corrected chi connectivity index (χ2v) is 8.05. The normalized spacial score (nSPS) is 25.7. The van der Waals surface area contributed by atoms with Crippen LogP contribution in [0.2, 0.25) is 0 Å². The van der Waals surface area contributed by atoms with Gasteiger partial charge in [-0.15, -0.1) is 0 Å². The van der Waals surface area contributed by atoms with Crippen LogP contribution in [0.1, 0.15) is 16.8 Å². The smallest absolute Gasteiger partial charge is 0.257 e. The SMILES string of the molecule is COc1ccc(OC)c(NC(=O)c2ccccc2N2C(=O)[C@@H]3[C@H](C2=O)[C@H]2C=C[C@H]3C2)c1. The molecule has 1 aliphatic heterocycles. The zero-order valence-corrected chi connectivity index (χ0v) is 17.2. The van der Waals surface area contributed by atoms with Crippen molar-refractivity contribution >= 4 is 29.1 Å². The van der Waals surface area contributed by atoms with Gasteiger partial charge in [-0.1, -0.05) is 24.3 Å². The number of benzene rings is 2. The van der Waals surface area contributed by atoms with Crippen molar-refractivity contribution in [3.63, 3.8) is 0 Å². The number of nitrogens with one attached hydrogen (secondary N) is 1. The summed E-state index contributed by atoms with van der Waals surface area (Å²) < 4.78 is 10.6. The van der Waals surface area contributed by atoms with Crippen LogP contribution in [0.5, 0.6) is 11.5 Å². The Labute approximate surface area is 179 Å². The second kappa shape index (κ2) is 7.27. The Kier molecular flexibility index (Phi) is 4.54. The van der Waals surface area contributed by atoms with E-state index in [2.05, 4.69) is 5.32 Å². The predicted molar refractivity (Wildman–Crippen MR) is 114 cm³/mol. The summed E-state index contributed by atoms with van der Waals surface area (Å²) in [5.74, 6) is -0.272. The summed E-state index contributed by atoms with van der Waals surface area (Å²) in [5, 5.41) is 2.82. The van der Waals surface area contributed by atoms with Crippen molar-refractivity contribution in [2.45, 2.75) is 6.42 Å². The highest BCUT2D eigenvalue weighted by molar-refractivity contribution is 6.25. The summed E-state index contributed by atoms with van der Waals surface area (Å²) in [7, 11) is 3.04. The number of para-hydroxylation sites is 1. The molecule has 4 atom stereocenters. The first kappa shape index (κ1) is 19.4. The van der Waals surface area contributed by atoms with Crippen LogP contribution in [0.4, 0.5) is 11.4 Å². The minimum absolute atomic E-state index is 0.110. The Morgan fingerprint density at radius 3 is 2.29 bits per heavy atom. The molecule has 2 aromatic rings. The van der Waals surface area contributed by atoms with Crippen molar-refractivity contribution in [3.05, 3.63) is 60.2 Å². The molecule has 1 saturated heterocycles. The average Bonchev–Trinajstić information content (AvgIpc) is 3.47. The maximum Gasteiger partial charge on any atom is 0.257 e. The Morgan fingerprint density at radius 1 is 0.968 bits per heavy atom. The molecule has 3 aliphatic rings. The molecule has 158 valence electrons. The molecule has 7 heteroatoms. The van der Waals surface area contributed by atoms with Crippen LogP contribution in [0.25, 0.3) is 0 Å². The van der Waals surface area contributed by atoms with Crippen molar-refractivity contribution in [3.8, 4) is 11.5 Å². The number of rotatable bonds is 5. The van der Waals surface area contributed by atoms with Gasteiger partial charge in [-0.25, -0.2) is 4.90 Å². The lowest BCUT2D eigenvalue weighted by Gasteiger charge is -2.20. The Morgan fingerprint density at radius 2 is 1.65 bits per heavy atom. The maximum absolute atomic E-state index is 13.2. The van der Waals surface area contributed by atoms with Crippen LogP contribution in [0.3, 0.4) is 0 Å². The molecule has 2 fully saturated rings. The third kappa shape index (κ3) is 2.91. The first-order valence-electron chi connectivity index (χ1n) is 10.2. The van der Waals surface area contributed by atoms with Gasteiger partial charge < -0.3 is 14.8 Å². The van der Waals surface area contributed by atoms with Gasteiger partial charge in [0.05, 0.1) is 43.0 Å². The van der Waals surface area contributed by atoms with E-state index >= 15 is 0 Å². The third-order valence-corrected chi connectivity index (χ3v) is 6.51. The zero-order chi connectivity index (χ0) is 21.7.